The average Bonchev–Trinajstić information content (AvgIpc) is 2.76. The largest absolute Gasteiger partial charge is 0.489 e. The molecule has 3 nitrogen and oxygen atoms in total. The van der Waals surface area contributed by atoms with E-state index in [1.807, 2.05) is 18.2 Å². The molecule has 1 aromatic carbocycles. The predicted molar refractivity (Wildman–Crippen MR) is 82.3 cm³/mol. The number of para-hydroxylation sites is 1. The van der Waals surface area contributed by atoms with Crippen LogP contribution in [0.2, 0.25) is 5.02 Å². The standard InChI is InChI=1S/C16H24ClNO2/c1-11-7-8-15(12(11)2)18-9-13(19)10-20-16-6-4-3-5-14(16)17/h3-6,11-13,15,18-19H,7-10H2,1-2H3. The van der Waals surface area contributed by atoms with Crippen LogP contribution in [-0.4, -0.2) is 30.4 Å². The van der Waals surface area contributed by atoms with Gasteiger partial charge in [-0.1, -0.05) is 37.6 Å². The smallest absolute Gasteiger partial charge is 0.138 e. The van der Waals surface area contributed by atoms with Gasteiger partial charge in [0.1, 0.15) is 18.5 Å². The molecule has 0 aliphatic heterocycles. The van der Waals surface area contributed by atoms with Gasteiger partial charge in [0.25, 0.3) is 0 Å². The van der Waals surface area contributed by atoms with Gasteiger partial charge in [-0.05, 0) is 36.8 Å². The molecule has 112 valence electrons. The Morgan fingerprint density at radius 3 is 2.75 bits per heavy atom. The van der Waals surface area contributed by atoms with Crippen LogP contribution in [0.1, 0.15) is 26.7 Å². The van der Waals surface area contributed by atoms with Crippen molar-refractivity contribution < 1.29 is 9.84 Å². The maximum Gasteiger partial charge on any atom is 0.138 e. The molecule has 0 saturated heterocycles. The number of rotatable bonds is 6. The van der Waals surface area contributed by atoms with Crippen LogP contribution in [0, 0.1) is 11.8 Å². The summed E-state index contributed by atoms with van der Waals surface area (Å²) in [5.74, 6) is 2.06. The van der Waals surface area contributed by atoms with E-state index in [0.717, 1.165) is 5.92 Å². The third-order valence-electron chi connectivity index (χ3n) is 4.35. The van der Waals surface area contributed by atoms with Crippen molar-refractivity contribution in [3.8, 4) is 5.75 Å². The number of hydrogen-bond acceptors (Lipinski definition) is 3. The lowest BCUT2D eigenvalue weighted by atomic mass is 9.98. The Labute approximate surface area is 126 Å². The van der Waals surface area contributed by atoms with Crippen LogP contribution in [0.15, 0.2) is 24.3 Å². The van der Waals surface area contributed by atoms with Crippen LogP contribution in [0.3, 0.4) is 0 Å². The van der Waals surface area contributed by atoms with E-state index in [1.165, 1.54) is 12.8 Å². The van der Waals surface area contributed by atoms with Crippen molar-refractivity contribution in [3.63, 3.8) is 0 Å². The van der Waals surface area contributed by atoms with Crippen molar-refractivity contribution in [2.24, 2.45) is 11.8 Å². The highest BCUT2D eigenvalue weighted by atomic mass is 35.5. The van der Waals surface area contributed by atoms with Gasteiger partial charge in [0.05, 0.1) is 5.02 Å². The van der Waals surface area contributed by atoms with Crippen LogP contribution in [0.5, 0.6) is 5.75 Å². The van der Waals surface area contributed by atoms with Gasteiger partial charge in [0, 0.05) is 12.6 Å². The zero-order valence-corrected chi connectivity index (χ0v) is 12.9. The first-order chi connectivity index (χ1) is 9.58. The molecular weight excluding hydrogens is 274 g/mol. The quantitative estimate of drug-likeness (QED) is 0.848. The predicted octanol–water partition coefficient (Wildman–Crippen LogP) is 3.10. The van der Waals surface area contributed by atoms with E-state index in [0.29, 0.717) is 29.3 Å². The molecule has 0 amide bonds. The lowest BCUT2D eigenvalue weighted by Crippen LogP contribution is -2.39. The highest BCUT2D eigenvalue weighted by Crippen LogP contribution is 2.31. The minimum Gasteiger partial charge on any atom is -0.489 e. The van der Waals surface area contributed by atoms with E-state index in [-0.39, 0.29) is 6.61 Å². The fraction of sp³-hybridized carbons (Fsp3) is 0.625. The van der Waals surface area contributed by atoms with Crippen molar-refractivity contribution >= 4 is 11.6 Å². The number of benzene rings is 1. The first kappa shape index (κ1) is 15.6. The fourth-order valence-corrected chi connectivity index (χ4v) is 2.94. The molecule has 1 aliphatic carbocycles. The van der Waals surface area contributed by atoms with Gasteiger partial charge < -0.3 is 15.2 Å². The van der Waals surface area contributed by atoms with Gasteiger partial charge in [-0.2, -0.15) is 0 Å². The van der Waals surface area contributed by atoms with E-state index >= 15 is 0 Å². The number of halogens is 1. The highest BCUT2D eigenvalue weighted by Gasteiger charge is 2.29. The van der Waals surface area contributed by atoms with Crippen molar-refractivity contribution in [3.05, 3.63) is 29.3 Å². The SMILES string of the molecule is CC1CCC(NCC(O)COc2ccccc2Cl)C1C. The second-order valence-electron chi connectivity index (χ2n) is 5.82. The van der Waals surface area contributed by atoms with E-state index in [4.69, 9.17) is 16.3 Å². The third-order valence-corrected chi connectivity index (χ3v) is 4.66. The first-order valence-electron chi connectivity index (χ1n) is 7.36. The topological polar surface area (TPSA) is 41.5 Å². The second kappa shape index (κ2) is 7.30. The highest BCUT2D eigenvalue weighted by molar-refractivity contribution is 6.32. The molecule has 2 rings (SSSR count). The maximum absolute atomic E-state index is 9.98. The summed E-state index contributed by atoms with van der Waals surface area (Å²) >= 11 is 6.00. The maximum atomic E-state index is 9.98. The Morgan fingerprint density at radius 2 is 2.10 bits per heavy atom. The lowest BCUT2D eigenvalue weighted by Gasteiger charge is -2.21. The molecule has 1 aromatic rings. The van der Waals surface area contributed by atoms with Crippen molar-refractivity contribution in [1.82, 2.24) is 5.32 Å². The molecule has 2 N–H and O–H groups in total. The number of hydrogen-bond donors (Lipinski definition) is 2. The van der Waals surface area contributed by atoms with E-state index in [9.17, 15) is 5.11 Å². The molecule has 0 aromatic heterocycles. The van der Waals surface area contributed by atoms with Crippen molar-refractivity contribution in [2.75, 3.05) is 13.2 Å². The van der Waals surface area contributed by atoms with E-state index < -0.39 is 6.10 Å². The van der Waals surface area contributed by atoms with Gasteiger partial charge in [-0.15, -0.1) is 0 Å². The minimum absolute atomic E-state index is 0.257. The number of ether oxygens (including phenoxy) is 1. The molecule has 0 radical (unpaired) electrons. The summed E-state index contributed by atoms with van der Waals surface area (Å²) in [7, 11) is 0. The third kappa shape index (κ3) is 4.11. The fourth-order valence-electron chi connectivity index (χ4n) is 2.75. The molecular formula is C16H24ClNO2. The van der Waals surface area contributed by atoms with Crippen LogP contribution < -0.4 is 10.1 Å². The molecule has 1 saturated carbocycles. The molecule has 0 heterocycles. The van der Waals surface area contributed by atoms with Gasteiger partial charge in [0.2, 0.25) is 0 Å². The van der Waals surface area contributed by atoms with Crippen molar-refractivity contribution in [2.45, 2.75) is 38.8 Å². The Kier molecular flexibility index (Phi) is 5.70. The molecule has 0 bridgehead atoms. The van der Waals surface area contributed by atoms with Crippen LogP contribution in [0.4, 0.5) is 0 Å². The Morgan fingerprint density at radius 1 is 1.35 bits per heavy atom. The summed E-state index contributed by atoms with van der Waals surface area (Å²) in [6.45, 7) is 5.39. The van der Waals surface area contributed by atoms with E-state index in [1.54, 1.807) is 6.07 Å². The number of aliphatic hydroxyl groups excluding tert-OH is 1. The Balaban J connectivity index is 1.71. The van der Waals surface area contributed by atoms with E-state index in [2.05, 4.69) is 19.2 Å². The summed E-state index contributed by atoms with van der Waals surface area (Å²) in [4.78, 5) is 0. The zero-order chi connectivity index (χ0) is 14.5. The summed E-state index contributed by atoms with van der Waals surface area (Å²) in [6.07, 6.45) is 1.94. The first-order valence-corrected chi connectivity index (χ1v) is 7.74. The molecule has 4 unspecified atom stereocenters. The van der Waals surface area contributed by atoms with Gasteiger partial charge in [-0.3, -0.25) is 0 Å². The number of aliphatic hydroxyl groups is 1. The van der Waals surface area contributed by atoms with Gasteiger partial charge in [0.15, 0.2) is 0 Å². The monoisotopic (exact) mass is 297 g/mol. The number of nitrogens with one attached hydrogen (secondary N) is 1. The Hall–Kier alpha value is -0.770. The average molecular weight is 298 g/mol. The van der Waals surface area contributed by atoms with Crippen LogP contribution >= 0.6 is 11.6 Å². The second-order valence-corrected chi connectivity index (χ2v) is 6.23. The molecule has 4 atom stereocenters. The summed E-state index contributed by atoms with van der Waals surface area (Å²) < 4.78 is 5.54. The molecule has 1 aliphatic rings. The molecule has 0 spiro atoms. The van der Waals surface area contributed by atoms with Crippen LogP contribution in [-0.2, 0) is 0 Å². The molecule has 4 heteroatoms. The summed E-state index contributed by atoms with van der Waals surface area (Å²) in [6, 6.07) is 7.83. The van der Waals surface area contributed by atoms with Crippen molar-refractivity contribution in [1.29, 1.82) is 0 Å². The lowest BCUT2D eigenvalue weighted by molar-refractivity contribution is 0.102. The summed E-state index contributed by atoms with van der Waals surface area (Å²) in [5.41, 5.74) is 0. The minimum atomic E-state index is -0.519. The normalized spacial score (nSPS) is 27.5. The zero-order valence-electron chi connectivity index (χ0n) is 12.2. The molecule has 1 fully saturated rings. The van der Waals surface area contributed by atoms with Gasteiger partial charge in [-0.25, -0.2) is 0 Å². The molecule has 20 heavy (non-hydrogen) atoms. The Bertz CT molecular complexity index is 427. The van der Waals surface area contributed by atoms with Gasteiger partial charge >= 0.3 is 0 Å². The van der Waals surface area contributed by atoms with Crippen LogP contribution in [0.25, 0.3) is 0 Å². The summed E-state index contributed by atoms with van der Waals surface area (Å²) in [5, 5.41) is 14.0.